The lowest BCUT2D eigenvalue weighted by Crippen LogP contribution is -2.17. The Kier molecular flexibility index (Phi) is 4.73. The van der Waals surface area contributed by atoms with E-state index in [1.54, 1.807) is 12.1 Å². The highest BCUT2D eigenvalue weighted by Crippen LogP contribution is 2.28. The van der Waals surface area contributed by atoms with Crippen molar-refractivity contribution >= 4 is 27.3 Å². The smallest absolute Gasteiger partial charge is 0.271 e. The third-order valence-electron chi connectivity index (χ3n) is 2.51. The molecule has 0 aliphatic heterocycles. The minimum Gasteiger partial charge on any atom is -0.381 e. The third-order valence-corrected chi connectivity index (χ3v) is 3.20. The van der Waals surface area contributed by atoms with Gasteiger partial charge in [-0.05, 0) is 34.8 Å². The van der Waals surface area contributed by atoms with Crippen LogP contribution in [0, 0.1) is 10.1 Å². The Morgan fingerprint density at radius 3 is 2.56 bits per heavy atom. The van der Waals surface area contributed by atoms with Crippen molar-refractivity contribution in [3.8, 4) is 0 Å². The van der Waals surface area contributed by atoms with E-state index in [1.807, 2.05) is 0 Å². The predicted octanol–water partition coefficient (Wildman–Crippen LogP) is 3.96. The highest BCUT2D eigenvalue weighted by Gasteiger charge is 2.11. The summed E-state index contributed by atoms with van der Waals surface area (Å²) in [6.45, 7) is 4.18. The van der Waals surface area contributed by atoms with Crippen LogP contribution in [0.5, 0.6) is 0 Å². The summed E-state index contributed by atoms with van der Waals surface area (Å²) in [5.74, 6) is 0. The van der Waals surface area contributed by atoms with Crippen LogP contribution in [0.25, 0.3) is 0 Å². The van der Waals surface area contributed by atoms with Crippen molar-refractivity contribution in [2.75, 3.05) is 5.32 Å². The molecule has 4 nitrogen and oxygen atoms in total. The quantitative estimate of drug-likeness (QED) is 0.658. The molecule has 0 bridgehead atoms. The molecule has 1 aromatic carbocycles. The Balaban J connectivity index is 2.93. The van der Waals surface area contributed by atoms with Gasteiger partial charge in [0, 0.05) is 22.6 Å². The van der Waals surface area contributed by atoms with E-state index < -0.39 is 0 Å². The van der Waals surface area contributed by atoms with Gasteiger partial charge in [-0.25, -0.2) is 0 Å². The number of nitrogens with zero attached hydrogens (tertiary/aromatic N) is 1. The first-order chi connectivity index (χ1) is 7.58. The predicted molar refractivity (Wildman–Crippen MR) is 68.8 cm³/mol. The van der Waals surface area contributed by atoms with Crippen molar-refractivity contribution in [3.05, 3.63) is 32.8 Å². The van der Waals surface area contributed by atoms with E-state index in [9.17, 15) is 10.1 Å². The fraction of sp³-hybridized carbons (Fsp3) is 0.455. The summed E-state index contributed by atoms with van der Waals surface area (Å²) >= 11 is 3.38. The number of nitrogens with one attached hydrogen (secondary N) is 1. The van der Waals surface area contributed by atoms with E-state index in [0.29, 0.717) is 6.04 Å². The van der Waals surface area contributed by atoms with Crippen LogP contribution >= 0.6 is 15.9 Å². The molecule has 1 aromatic rings. The zero-order chi connectivity index (χ0) is 12.1. The first-order valence-electron chi connectivity index (χ1n) is 5.29. The fourth-order valence-corrected chi connectivity index (χ4v) is 1.81. The van der Waals surface area contributed by atoms with Crippen LogP contribution in [0.2, 0.25) is 0 Å². The summed E-state index contributed by atoms with van der Waals surface area (Å²) in [5, 5.41) is 13.9. The molecule has 0 saturated carbocycles. The average Bonchev–Trinajstić information content (AvgIpc) is 2.27. The van der Waals surface area contributed by atoms with Gasteiger partial charge in [0.25, 0.3) is 5.69 Å². The average molecular weight is 287 g/mol. The van der Waals surface area contributed by atoms with Gasteiger partial charge < -0.3 is 5.32 Å². The van der Waals surface area contributed by atoms with Crippen LogP contribution in [-0.2, 0) is 0 Å². The van der Waals surface area contributed by atoms with E-state index in [0.717, 1.165) is 23.0 Å². The van der Waals surface area contributed by atoms with Crippen molar-refractivity contribution < 1.29 is 4.92 Å². The summed E-state index contributed by atoms with van der Waals surface area (Å²) in [4.78, 5) is 10.3. The van der Waals surface area contributed by atoms with Crippen LogP contribution in [0.4, 0.5) is 11.4 Å². The molecular formula is C11H15BrN2O2. The Bertz CT molecular complexity index is 378. The number of non-ortho nitro benzene ring substituents is 1. The molecule has 0 spiro atoms. The molecule has 0 saturated heterocycles. The molecule has 0 radical (unpaired) electrons. The first-order valence-corrected chi connectivity index (χ1v) is 6.08. The van der Waals surface area contributed by atoms with Gasteiger partial charge in [0.1, 0.15) is 0 Å². The minimum absolute atomic E-state index is 0.108. The van der Waals surface area contributed by atoms with Crippen molar-refractivity contribution in [3.63, 3.8) is 0 Å². The molecule has 0 aliphatic rings. The molecule has 0 unspecified atom stereocenters. The van der Waals surface area contributed by atoms with Crippen LogP contribution in [0.3, 0.4) is 0 Å². The minimum atomic E-state index is -0.384. The highest BCUT2D eigenvalue weighted by atomic mass is 79.9. The van der Waals surface area contributed by atoms with Crippen LogP contribution in [0.1, 0.15) is 26.7 Å². The number of hydrogen-bond acceptors (Lipinski definition) is 3. The number of rotatable bonds is 5. The maximum absolute atomic E-state index is 10.7. The van der Waals surface area contributed by atoms with E-state index in [4.69, 9.17) is 0 Å². The van der Waals surface area contributed by atoms with E-state index in [-0.39, 0.29) is 10.6 Å². The first kappa shape index (κ1) is 13.0. The molecule has 0 aliphatic carbocycles. The van der Waals surface area contributed by atoms with Gasteiger partial charge in [0.15, 0.2) is 0 Å². The summed E-state index contributed by atoms with van der Waals surface area (Å²) < 4.78 is 0.852. The molecular weight excluding hydrogens is 272 g/mol. The molecule has 5 heteroatoms. The Hall–Kier alpha value is -1.10. The summed E-state index contributed by atoms with van der Waals surface area (Å²) in [7, 11) is 0. The molecule has 0 heterocycles. The molecule has 1 N–H and O–H groups in total. The maximum atomic E-state index is 10.7. The van der Waals surface area contributed by atoms with Crippen LogP contribution in [-0.4, -0.2) is 11.0 Å². The Morgan fingerprint density at radius 2 is 2.06 bits per heavy atom. The van der Waals surface area contributed by atoms with Gasteiger partial charge >= 0.3 is 0 Å². The topological polar surface area (TPSA) is 55.2 Å². The van der Waals surface area contributed by atoms with Gasteiger partial charge in [-0.15, -0.1) is 0 Å². The normalized spacial score (nSPS) is 10.5. The SMILES string of the molecule is CCC(CC)Nc1cc([N+](=O)[O-])ccc1Br. The fourth-order valence-electron chi connectivity index (χ4n) is 1.45. The molecule has 0 fully saturated rings. The molecule has 16 heavy (non-hydrogen) atoms. The van der Waals surface area contributed by atoms with Crippen LogP contribution in [0.15, 0.2) is 22.7 Å². The van der Waals surface area contributed by atoms with Gasteiger partial charge in [-0.3, -0.25) is 10.1 Å². The van der Waals surface area contributed by atoms with Crippen molar-refractivity contribution in [2.45, 2.75) is 32.7 Å². The van der Waals surface area contributed by atoms with Gasteiger partial charge in [0.2, 0.25) is 0 Å². The summed E-state index contributed by atoms with van der Waals surface area (Å²) in [6.07, 6.45) is 1.98. The van der Waals surface area contributed by atoms with Crippen molar-refractivity contribution in [2.24, 2.45) is 0 Å². The monoisotopic (exact) mass is 286 g/mol. The lowest BCUT2D eigenvalue weighted by Gasteiger charge is -2.17. The maximum Gasteiger partial charge on any atom is 0.271 e. The van der Waals surface area contributed by atoms with Gasteiger partial charge in [-0.1, -0.05) is 13.8 Å². The van der Waals surface area contributed by atoms with E-state index >= 15 is 0 Å². The third kappa shape index (κ3) is 3.20. The molecule has 1 rings (SSSR count). The summed E-state index contributed by atoms with van der Waals surface area (Å²) in [5.41, 5.74) is 0.888. The second-order valence-corrected chi connectivity index (χ2v) is 4.43. The number of nitro benzene ring substituents is 1. The van der Waals surface area contributed by atoms with Crippen LogP contribution < -0.4 is 5.32 Å². The Labute approximate surface area is 103 Å². The molecule has 0 amide bonds. The molecule has 88 valence electrons. The second-order valence-electron chi connectivity index (χ2n) is 3.58. The largest absolute Gasteiger partial charge is 0.381 e. The van der Waals surface area contributed by atoms with Crippen molar-refractivity contribution in [1.29, 1.82) is 0 Å². The number of anilines is 1. The Morgan fingerprint density at radius 1 is 1.44 bits per heavy atom. The van der Waals surface area contributed by atoms with Gasteiger partial charge in [0.05, 0.1) is 10.6 Å². The zero-order valence-corrected chi connectivity index (χ0v) is 11.0. The zero-order valence-electron chi connectivity index (χ0n) is 9.37. The van der Waals surface area contributed by atoms with E-state index in [1.165, 1.54) is 6.07 Å². The second kappa shape index (κ2) is 5.84. The number of benzene rings is 1. The lowest BCUT2D eigenvalue weighted by atomic mass is 10.1. The van der Waals surface area contributed by atoms with Crippen molar-refractivity contribution in [1.82, 2.24) is 0 Å². The number of hydrogen-bond donors (Lipinski definition) is 1. The van der Waals surface area contributed by atoms with Gasteiger partial charge in [-0.2, -0.15) is 0 Å². The number of halogens is 1. The lowest BCUT2D eigenvalue weighted by molar-refractivity contribution is -0.384. The standard InChI is InChI=1S/C11H15BrN2O2/c1-3-8(4-2)13-11-7-9(14(15)16)5-6-10(11)12/h5-8,13H,3-4H2,1-2H3. The van der Waals surface area contributed by atoms with E-state index in [2.05, 4.69) is 35.1 Å². The molecule has 0 aromatic heterocycles. The highest BCUT2D eigenvalue weighted by molar-refractivity contribution is 9.10. The molecule has 0 atom stereocenters. The number of nitro groups is 1. The summed E-state index contributed by atoms with van der Waals surface area (Å²) in [6, 6.07) is 5.09.